The van der Waals surface area contributed by atoms with Crippen LogP contribution in [0.4, 0.5) is 0 Å². The number of hydrogen-bond donors (Lipinski definition) is 1. The Morgan fingerprint density at radius 1 is 1.28 bits per heavy atom. The smallest absolute Gasteiger partial charge is 0.281 e. The lowest BCUT2D eigenvalue weighted by atomic mass is 10.1. The van der Waals surface area contributed by atoms with Crippen LogP contribution in [0.5, 0.6) is 5.75 Å². The number of thiazole rings is 1. The molecule has 0 aliphatic carbocycles. The van der Waals surface area contributed by atoms with Crippen molar-refractivity contribution < 1.29 is 17.9 Å². The molecule has 1 atom stereocenters. The molecule has 1 aromatic carbocycles. The molecule has 2 heterocycles. The van der Waals surface area contributed by atoms with Crippen LogP contribution >= 0.6 is 11.3 Å². The third kappa shape index (κ3) is 5.33. The van der Waals surface area contributed by atoms with Gasteiger partial charge < -0.3 is 10.1 Å². The van der Waals surface area contributed by atoms with Crippen molar-refractivity contribution in [1.29, 1.82) is 0 Å². The Morgan fingerprint density at radius 2 is 1.93 bits per heavy atom. The second kappa shape index (κ2) is 9.21. The quantitative estimate of drug-likeness (QED) is 0.716. The molecule has 1 aliphatic heterocycles. The maximum absolute atomic E-state index is 12.4. The Morgan fingerprint density at radius 3 is 2.48 bits per heavy atom. The molecule has 0 unspecified atom stereocenters. The van der Waals surface area contributed by atoms with E-state index in [4.69, 9.17) is 4.74 Å². The van der Waals surface area contributed by atoms with E-state index in [1.165, 1.54) is 34.0 Å². The normalized spacial score (nSPS) is 17.2. The molecule has 29 heavy (non-hydrogen) atoms. The fourth-order valence-electron chi connectivity index (χ4n) is 3.08. The molecular formula is C19H26N4O4S2. The number of carbonyl (C=O) groups is 1. The van der Waals surface area contributed by atoms with Crippen molar-refractivity contribution in [2.75, 3.05) is 27.2 Å². The minimum absolute atomic E-state index is 0.0480. The summed E-state index contributed by atoms with van der Waals surface area (Å²) >= 11 is 1.50. The maximum atomic E-state index is 12.4. The summed E-state index contributed by atoms with van der Waals surface area (Å²) in [4.78, 5) is 16.6. The van der Waals surface area contributed by atoms with E-state index in [0.717, 1.165) is 5.01 Å². The van der Waals surface area contributed by atoms with Gasteiger partial charge in [-0.1, -0.05) is 0 Å². The highest BCUT2D eigenvalue weighted by Crippen LogP contribution is 2.22. The highest BCUT2D eigenvalue weighted by atomic mass is 32.2. The van der Waals surface area contributed by atoms with E-state index in [-0.39, 0.29) is 18.1 Å². The van der Waals surface area contributed by atoms with Gasteiger partial charge in [0.15, 0.2) is 0 Å². The number of nitrogens with zero attached hydrogens (tertiary/aromatic N) is 3. The van der Waals surface area contributed by atoms with Crippen molar-refractivity contribution in [3.63, 3.8) is 0 Å². The monoisotopic (exact) mass is 438 g/mol. The highest BCUT2D eigenvalue weighted by Gasteiger charge is 2.30. The lowest BCUT2D eigenvalue weighted by Gasteiger charge is -2.32. The van der Waals surface area contributed by atoms with Crippen LogP contribution in [-0.2, 0) is 10.2 Å². The Hall–Kier alpha value is -2.01. The van der Waals surface area contributed by atoms with Crippen LogP contribution in [0.3, 0.4) is 0 Å². The van der Waals surface area contributed by atoms with Crippen molar-refractivity contribution >= 4 is 27.5 Å². The van der Waals surface area contributed by atoms with Gasteiger partial charge in [0.25, 0.3) is 16.1 Å². The highest BCUT2D eigenvalue weighted by molar-refractivity contribution is 7.86. The van der Waals surface area contributed by atoms with Crippen molar-refractivity contribution in [1.82, 2.24) is 18.9 Å². The number of amides is 1. The van der Waals surface area contributed by atoms with Crippen molar-refractivity contribution in [2.24, 2.45) is 0 Å². The summed E-state index contributed by atoms with van der Waals surface area (Å²) in [5, 5.41) is 5.67. The van der Waals surface area contributed by atoms with Crippen LogP contribution in [0, 0.1) is 0 Å². The summed E-state index contributed by atoms with van der Waals surface area (Å²) in [7, 11) is -0.305. The van der Waals surface area contributed by atoms with Gasteiger partial charge in [-0.25, -0.2) is 4.98 Å². The summed E-state index contributed by atoms with van der Waals surface area (Å²) in [5.41, 5.74) is 0.549. The Labute approximate surface area is 175 Å². The third-order valence-electron chi connectivity index (χ3n) is 4.78. The maximum Gasteiger partial charge on any atom is 0.281 e. The molecule has 1 amide bonds. The first-order chi connectivity index (χ1) is 13.8. The van der Waals surface area contributed by atoms with Crippen molar-refractivity contribution in [3.05, 3.63) is 46.4 Å². The molecule has 2 aromatic rings. The van der Waals surface area contributed by atoms with E-state index in [1.54, 1.807) is 30.5 Å². The molecule has 158 valence electrons. The van der Waals surface area contributed by atoms with Gasteiger partial charge in [0.2, 0.25) is 0 Å². The number of nitrogens with one attached hydrogen (secondary N) is 1. The predicted molar refractivity (Wildman–Crippen MR) is 112 cm³/mol. The Kier molecular flexibility index (Phi) is 6.89. The molecule has 1 fully saturated rings. The molecule has 1 saturated heterocycles. The summed E-state index contributed by atoms with van der Waals surface area (Å²) in [5.74, 6) is 0.505. The fraction of sp³-hybridized carbons (Fsp3) is 0.474. The van der Waals surface area contributed by atoms with E-state index in [2.05, 4.69) is 10.3 Å². The Balaban J connectivity index is 1.51. The molecule has 0 spiro atoms. The van der Waals surface area contributed by atoms with E-state index in [1.807, 2.05) is 12.3 Å². The van der Waals surface area contributed by atoms with Crippen LogP contribution in [-0.4, -0.2) is 61.2 Å². The number of rotatable bonds is 7. The van der Waals surface area contributed by atoms with Gasteiger partial charge >= 0.3 is 0 Å². The number of ether oxygens (including phenoxy) is 1. The van der Waals surface area contributed by atoms with E-state index in [0.29, 0.717) is 37.2 Å². The predicted octanol–water partition coefficient (Wildman–Crippen LogP) is 2.28. The first-order valence-electron chi connectivity index (χ1n) is 9.42. The van der Waals surface area contributed by atoms with Crippen LogP contribution in [0.15, 0.2) is 35.8 Å². The molecule has 10 heteroatoms. The zero-order valence-electron chi connectivity index (χ0n) is 16.7. The van der Waals surface area contributed by atoms with Gasteiger partial charge in [-0.05, 0) is 44.0 Å². The molecule has 0 radical (unpaired) electrons. The molecule has 0 bridgehead atoms. The lowest BCUT2D eigenvalue weighted by Crippen LogP contribution is -2.46. The van der Waals surface area contributed by atoms with Gasteiger partial charge in [0.05, 0.1) is 6.04 Å². The second-order valence-electron chi connectivity index (χ2n) is 7.10. The second-order valence-corrected chi connectivity index (χ2v) is 10.2. The average Bonchev–Trinajstić information content (AvgIpc) is 3.24. The SMILES string of the molecule is C[C@@H](NC(=O)c1ccc(OC2CCN(S(=O)(=O)N(C)C)CC2)cc1)c1nccs1. The fourth-order valence-corrected chi connectivity index (χ4v) is 4.86. The van der Waals surface area contributed by atoms with Crippen LogP contribution in [0.2, 0.25) is 0 Å². The van der Waals surface area contributed by atoms with Crippen LogP contribution in [0.25, 0.3) is 0 Å². The zero-order chi connectivity index (χ0) is 21.0. The summed E-state index contributed by atoms with van der Waals surface area (Å²) in [6, 6.07) is 6.84. The number of benzene rings is 1. The van der Waals surface area contributed by atoms with Crippen LogP contribution < -0.4 is 10.1 Å². The molecule has 1 N–H and O–H groups in total. The van der Waals surface area contributed by atoms with Crippen molar-refractivity contribution in [2.45, 2.75) is 31.9 Å². The molecule has 1 aliphatic rings. The first-order valence-corrected chi connectivity index (χ1v) is 11.7. The van der Waals surface area contributed by atoms with E-state index in [9.17, 15) is 13.2 Å². The molecule has 1 aromatic heterocycles. The number of aromatic nitrogens is 1. The van der Waals surface area contributed by atoms with Crippen molar-refractivity contribution in [3.8, 4) is 5.75 Å². The van der Waals surface area contributed by atoms with Gasteiger partial charge in [-0.15, -0.1) is 11.3 Å². The number of hydrogen-bond acceptors (Lipinski definition) is 6. The Bertz CT molecular complexity index is 906. The van der Waals surface area contributed by atoms with E-state index < -0.39 is 10.2 Å². The lowest BCUT2D eigenvalue weighted by molar-refractivity contribution is 0.0939. The van der Waals surface area contributed by atoms with Gasteiger partial charge in [0.1, 0.15) is 16.9 Å². The average molecular weight is 439 g/mol. The number of piperidine rings is 1. The zero-order valence-corrected chi connectivity index (χ0v) is 18.4. The molecule has 8 nitrogen and oxygen atoms in total. The standard InChI is InChI=1S/C19H26N4O4S2/c1-14(19-20-10-13-28-19)21-18(24)15-4-6-16(7-5-15)27-17-8-11-23(12-9-17)29(25,26)22(2)3/h4-7,10,13-14,17H,8-9,11-12H2,1-3H3,(H,21,24)/t14-/m1/s1. The van der Waals surface area contributed by atoms with Gasteiger partial charge in [-0.2, -0.15) is 17.0 Å². The minimum Gasteiger partial charge on any atom is -0.490 e. The summed E-state index contributed by atoms with van der Waals surface area (Å²) in [6.45, 7) is 2.76. The molecule has 3 rings (SSSR count). The summed E-state index contributed by atoms with van der Waals surface area (Å²) < 4.78 is 33.0. The summed E-state index contributed by atoms with van der Waals surface area (Å²) in [6.07, 6.45) is 2.92. The molecule has 0 saturated carbocycles. The first kappa shape index (κ1) is 21.7. The third-order valence-corrected chi connectivity index (χ3v) is 7.68. The minimum atomic E-state index is -3.37. The largest absolute Gasteiger partial charge is 0.490 e. The van der Waals surface area contributed by atoms with Gasteiger partial charge in [-0.3, -0.25) is 4.79 Å². The topological polar surface area (TPSA) is 91.8 Å². The van der Waals surface area contributed by atoms with Gasteiger partial charge in [0, 0.05) is 44.3 Å². The number of carbonyl (C=O) groups excluding carboxylic acids is 1. The molecular weight excluding hydrogens is 412 g/mol. The van der Waals surface area contributed by atoms with Crippen LogP contribution in [0.1, 0.15) is 41.2 Å². The van der Waals surface area contributed by atoms with E-state index >= 15 is 0 Å².